The van der Waals surface area contributed by atoms with Crippen LogP contribution in [0.15, 0.2) is 102 Å². The molecular formula is C27H27NO. The molecule has 0 amide bonds. The minimum absolute atomic E-state index is 0.0413. The van der Waals surface area contributed by atoms with Crippen LogP contribution in [0.4, 0.5) is 0 Å². The highest BCUT2D eigenvalue weighted by atomic mass is 16.1. The van der Waals surface area contributed by atoms with Crippen LogP contribution in [-0.2, 0) is 4.79 Å². The maximum Gasteiger partial charge on any atom is 0.159 e. The SMILES string of the molecule is C=C1C=C(C(C)=O)C=CN1/C(=C(C)/C(C)=C/c1ccccc1C)c1ccccc1. The average Bonchev–Trinajstić information content (AvgIpc) is 2.71. The molecule has 0 atom stereocenters. The first-order valence-corrected chi connectivity index (χ1v) is 9.78. The van der Waals surface area contributed by atoms with Gasteiger partial charge in [0.05, 0.1) is 5.70 Å². The monoisotopic (exact) mass is 381 g/mol. The molecule has 0 bridgehead atoms. The Hall–Kier alpha value is -3.39. The molecule has 1 heterocycles. The summed E-state index contributed by atoms with van der Waals surface area (Å²) in [7, 11) is 0. The van der Waals surface area contributed by atoms with E-state index in [4.69, 9.17) is 0 Å². The fraction of sp³-hybridized carbons (Fsp3) is 0.148. The molecule has 2 nitrogen and oxygen atoms in total. The Morgan fingerprint density at radius 1 is 0.966 bits per heavy atom. The summed E-state index contributed by atoms with van der Waals surface area (Å²) >= 11 is 0. The summed E-state index contributed by atoms with van der Waals surface area (Å²) in [4.78, 5) is 13.8. The molecule has 3 rings (SSSR count). The highest BCUT2D eigenvalue weighted by molar-refractivity contribution is 5.97. The molecule has 0 N–H and O–H groups in total. The van der Waals surface area contributed by atoms with Crippen molar-refractivity contribution in [3.8, 4) is 0 Å². The molecule has 29 heavy (non-hydrogen) atoms. The van der Waals surface area contributed by atoms with Crippen molar-refractivity contribution in [3.63, 3.8) is 0 Å². The van der Waals surface area contributed by atoms with Crippen LogP contribution in [0.1, 0.15) is 37.5 Å². The molecule has 2 aromatic carbocycles. The number of ketones is 1. The predicted molar refractivity (Wildman–Crippen MR) is 123 cm³/mol. The van der Waals surface area contributed by atoms with Crippen molar-refractivity contribution >= 4 is 17.6 Å². The minimum atomic E-state index is 0.0413. The van der Waals surface area contributed by atoms with Crippen molar-refractivity contribution in [2.45, 2.75) is 27.7 Å². The van der Waals surface area contributed by atoms with Crippen molar-refractivity contribution in [3.05, 3.63) is 119 Å². The molecule has 0 spiro atoms. The number of aryl methyl sites for hydroxylation is 1. The van der Waals surface area contributed by atoms with E-state index in [1.54, 1.807) is 6.92 Å². The topological polar surface area (TPSA) is 20.3 Å². The molecule has 1 aliphatic rings. The summed E-state index contributed by atoms with van der Waals surface area (Å²) in [6.45, 7) is 12.2. The smallest absolute Gasteiger partial charge is 0.159 e. The quantitative estimate of drug-likeness (QED) is 0.538. The molecule has 146 valence electrons. The lowest BCUT2D eigenvalue weighted by molar-refractivity contribution is -0.113. The van der Waals surface area contributed by atoms with Gasteiger partial charge in [0.2, 0.25) is 0 Å². The zero-order valence-corrected chi connectivity index (χ0v) is 17.6. The number of rotatable bonds is 5. The van der Waals surface area contributed by atoms with E-state index in [1.807, 2.05) is 36.6 Å². The Kier molecular flexibility index (Phi) is 6.13. The van der Waals surface area contributed by atoms with Crippen LogP contribution in [-0.4, -0.2) is 10.7 Å². The number of Topliss-reactive ketones (excluding diaryl/α,β-unsaturated/α-hetero) is 1. The molecule has 0 fully saturated rings. The summed E-state index contributed by atoms with van der Waals surface area (Å²) in [5.74, 6) is 0.0413. The molecule has 1 aliphatic heterocycles. The third kappa shape index (κ3) is 4.55. The first-order chi connectivity index (χ1) is 13.9. The molecule has 0 saturated heterocycles. The van der Waals surface area contributed by atoms with Crippen molar-refractivity contribution in [1.29, 1.82) is 0 Å². The predicted octanol–water partition coefficient (Wildman–Crippen LogP) is 6.69. The first kappa shape index (κ1) is 20.3. The number of allylic oxidation sites excluding steroid dienone is 5. The normalized spacial score (nSPS) is 15.2. The fourth-order valence-electron chi connectivity index (χ4n) is 3.39. The summed E-state index contributed by atoms with van der Waals surface area (Å²) in [5.41, 5.74) is 8.41. The average molecular weight is 382 g/mol. The lowest BCUT2D eigenvalue weighted by Crippen LogP contribution is -2.19. The Labute approximate surface area is 173 Å². The third-order valence-electron chi connectivity index (χ3n) is 5.24. The second kappa shape index (κ2) is 8.74. The first-order valence-electron chi connectivity index (χ1n) is 9.78. The number of carbonyl (C=O) groups excluding carboxylic acids is 1. The van der Waals surface area contributed by atoms with Gasteiger partial charge in [-0.25, -0.2) is 0 Å². The van der Waals surface area contributed by atoms with Crippen molar-refractivity contribution in [2.75, 3.05) is 0 Å². The fourth-order valence-corrected chi connectivity index (χ4v) is 3.39. The standard InChI is InChI=1S/C27H27NO/c1-19-11-9-10-14-25(19)17-20(2)22(4)27(24-12-7-6-8-13-24)28-16-15-26(23(5)29)18-21(28)3/h6-18H,3H2,1-2,4-5H3/b20-17+,27-22+. The van der Waals surface area contributed by atoms with E-state index in [0.29, 0.717) is 5.57 Å². The molecule has 0 radical (unpaired) electrons. The maximum absolute atomic E-state index is 11.8. The van der Waals surface area contributed by atoms with Crippen LogP contribution in [0.3, 0.4) is 0 Å². The molecule has 0 unspecified atom stereocenters. The van der Waals surface area contributed by atoms with Gasteiger partial charge in [-0.05, 0) is 67.7 Å². The van der Waals surface area contributed by atoms with E-state index in [9.17, 15) is 4.79 Å². The van der Waals surface area contributed by atoms with Gasteiger partial charge < -0.3 is 4.90 Å². The van der Waals surface area contributed by atoms with E-state index in [2.05, 4.69) is 74.7 Å². The highest BCUT2D eigenvalue weighted by Gasteiger charge is 2.19. The zero-order chi connectivity index (χ0) is 21.0. The van der Waals surface area contributed by atoms with E-state index in [0.717, 1.165) is 22.5 Å². The maximum atomic E-state index is 11.8. The molecular weight excluding hydrogens is 354 g/mol. The number of nitrogens with zero attached hydrogens (tertiary/aromatic N) is 1. The molecule has 0 saturated carbocycles. The van der Waals surface area contributed by atoms with Crippen LogP contribution in [0, 0.1) is 6.92 Å². The van der Waals surface area contributed by atoms with E-state index < -0.39 is 0 Å². The second-order valence-corrected chi connectivity index (χ2v) is 7.36. The van der Waals surface area contributed by atoms with Gasteiger partial charge in [0.15, 0.2) is 5.78 Å². The van der Waals surface area contributed by atoms with E-state index in [-0.39, 0.29) is 5.78 Å². The van der Waals surface area contributed by atoms with Gasteiger partial charge in [-0.1, -0.05) is 67.3 Å². The minimum Gasteiger partial charge on any atom is -0.317 e. The Bertz CT molecular complexity index is 1060. The third-order valence-corrected chi connectivity index (χ3v) is 5.24. The summed E-state index contributed by atoms with van der Waals surface area (Å²) in [5, 5.41) is 0. The number of benzene rings is 2. The van der Waals surface area contributed by atoms with Crippen LogP contribution >= 0.6 is 0 Å². The van der Waals surface area contributed by atoms with Gasteiger partial charge in [0, 0.05) is 17.5 Å². The number of carbonyl (C=O) groups is 1. The Morgan fingerprint density at radius 2 is 1.62 bits per heavy atom. The Balaban J connectivity index is 2.12. The van der Waals surface area contributed by atoms with Crippen molar-refractivity contribution < 1.29 is 4.79 Å². The van der Waals surface area contributed by atoms with Crippen molar-refractivity contribution in [1.82, 2.24) is 4.90 Å². The molecule has 2 heteroatoms. The summed E-state index contributed by atoms with van der Waals surface area (Å²) in [6, 6.07) is 18.7. The van der Waals surface area contributed by atoms with Gasteiger partial charge >= 0.3 is 0 Å². The van der Waals surface area contributed by atoms with Gasteiger partial charge in [-0.15, -0.1) is 0 Å². The van der Waals surface area contributed by atoms with E-state index in [1.165, 1.54) is 16.7 Å². The van der Waals surface area contributed by atoms with Gasteiger partial charge in [0.1, 0.15) is 0 Å². The highest BCUT2D eigenvalue weighted by Crippen LogP contribution is 2.33. The van der Waals surface area contributed by atoms with E-state index >= 15 is 0 Å². The lowest BCUT2D eigenvalue weighted by atomic mass is 9.96. The van der Waals surface area contributed by atoms with Crippen molar-refractivity contribution in [2.24, 2.45) is 0 Å². The van der Waals surface area contributed by atoms with Crippen LogP contribution < -0.4 is 0 Å². The van der Waals surface area contributed by atoms with Crippen LogP contribution in [0.2, 0.25) is 0 Å². The molecule has 2 aromatic rings. The summed E-state index contributed by atoms with van der Waals surface area (Å²) < 4.78 is 0. The largest absolute Gasteiger partial charge is 0.317 e. The number of hydrogen-bond donors (Lipinski definition) is 0. The zero-order valence-electron chi connectivity index (χ0n) is 17.6. The van der Waals surface area contributed by atoms with Gasteiger partial charge in [-0.2, -0.15) is 0 Å². The lowest BCUT2D eigenvalue weighted by Gasteiger charge is -2.29. The summed E-state index contributed by atoms with van der Waals surface area (Å²) in [6.07, 6.45) is 7.86. The molecule has 0 aromatic heterocycles. The van der Waals surface area contributed by atoms with Gasteiger partial charge in [-0.3, -0.25) is 4.79 Å². The van der Waals surface area contributed by atoms with Crippen LogP contribution in [0.5, 0.6) is 0 Å². The second-order valence-electron chi connectivity index (χ2n) is 7.36. The van der Waals surface area contributed by atoms with Crippen LogP contribution in [0.25, 0.3) is 11.8 Å². The van der Waals surface area contributed by atoms with Gasteiger partial charge in [0.25, 0.3) is 0 Å². The Morgan fingerprint density at radius 3 is 2.24 bits per heavy atom. The molecule has 0 aliphatic carbocycles. The number of hydrogen-bond acceptors (Lipinski definition) is 2.